The van der Waals surface area contributed by atoms with Crippen LogP contribution < -0.4 is 4.90 Å². The van der Waals surface area contributed by atoms with E-state index < -0.39 is 0 Å². The molecule has 9 aromatic rings. The van der Waals surface area contributed by atoms with Crippen molar-refractivity contribution in [1.82, 2.24) is 0 Å². The molecule has 9 aromatic carbocycles. The zero-order chi connectivity index (χ0) is 35.6. The van der Waals surface area contributed by atoms with Crippen LogP contribution in [0.5, 0.6) is 0 Å². The molecule has 2 aliphatic carbocycles. The maximum Gasteiger partial charge on any atom is 0.0725 e. The number of hydrogen-bond acceptors (Lipinski definition) is 1. The Morgan fingerprint density at radius 1 is 0.259 bits per heavy atom. The molecule has 2 aliphatic rings. The van der Waals surface area contributed by atoms with Crippen LogP contribution in [0, 0.1) is 0 Å². The van der Waals surface area contributed by atoms with E-state index in [0.29, 0.717) is 0 Å². The van der Waals surface area contributed by atoms with Crippen LogP contribution in [0.15, 0.2) is 212 Å². The van der Waals surface area contributed by atoms with E-state index in [1.165, 1.54) is 77.5 Å². The molecule has 0 saturated heterocycles. The zero-order valence-corrected chi connectivity index (χ0v) is 29.7. The molecule has 0 radical (unpaired) electrons. The minimum absolute atomic E-state index is 0.364. The van der Waals surface area contributed by atoms with Crippen LogP contribution in [0.2, 0.25) is 0 Å². The van der Waals surface area contributed by atoms with E-state index >= 15 is 0 Å². The van der Waals surface area contributed by atoms with Gasteiger partial charge in [0.25, 0.3) is 0 Å². The summed E-state index contributed by atoms with van der Waals surface area (Å²) >= 11 is 0. The van der Waals surface area contributed by atoms with Crippen molar-refractivity contribution in [2.45, 2.75) is 5.41 Å². The summed E-state index contributed by atoms with van der Waals surface area (Å²) in [6, 6.07) is 78.2. The summed E-state index contributed by atoms with van der Waals surface area (Å²) in [6.07, 6.45) is 0. The number of rotatable bonds is 5. The summed E-state index contributed by atoms with van der Waals surface area (Å²) in [4.78, 5) is 2.42. The minimum Gasteiger partial charge on any atom is -0.310 e. The van der Waals surface area contributed by atoms with E-state index in [4.69, 9.17) is 0 Å². The summed E-state index contributed by atoms with van der Waals surface area (Å²) in [6.45, 7) is 0. The minimum atomic E-state index is -0.364. The largest absolute Gasteiger partial charge is 0.310 e. The summed E-state index contributed by atoms with van der Waals surface area (Å²) < 4.78 is 0. The molecule has 1 nitrogen and oxygen atoms in total. The summed E-state index contributed by atoms with van der Waals surface area (Å²) in [5.41, 5.74) is 18.5. The van der Waals surface area contributed by atoms with Gasteiger partial charge in [-0.05, 0) is 120 Å². The highest BCUT2D eigenvalue weighted by atomic mass is 15.1. The highest BCUT2D eigenvalue weighted by molar-refractivity contribution is 5.97. The molecule has 1 spiro atoms. The van der Waals surface area contributed by atoms with Crippen LogP contribution in [0.1, 0.15) is 22.3 Å². The third-order valence-corrected chi connectivity index (χ3v) is 11.7. The molecule has 54 heavy (non-hydrogen) atoms. The number of nitrogens with zero attached hydrogens (tertiary/aromatic N) is 1. The molecule has 1 heteroatoms. The van der Waals surface area contributed by atoms with E-state index in [1.54, 1.807) is 0 Å². The SMILES string of the molecule is c1ccc(-c2cccc(N(c3ccc(-c4ccc5ccccc5c4)cc3)c3ccc4c(c3)-c3ccccc3C43c4ccccc4-c4ccccc43)c2)cc1. The van der Waals surface area contributed by atoms with Crippen LogP contribution in [0.4, 0.5) is 17.1 Å². The van der Waals surface area contributed by atoms with Crippen molar-refractivity contribution in [1.29, 1.82) is 0 Å². The first-order valence-electron chi connectivity index (χ1n) is 18.8. The smallest absolute Gasteiger partial charge is 0.0725 e. The van der Waals surface area contributed by atoms with Gasteiger partial charge in [-0.3, -0.25) is 0 Å². The van der Waals surface area contributed by atoms with Crippen molar-refractivity contribution < 1.29 is 0 Å². The second-order valence-electron chi connectivity index (χ2n) is 14.5. The fourth-order valence-electron chi connectivity index (χ4n) is 9.30. The maximum atomic E-state index is 2.43. The van der Waals surface area contributed by atoms with Gasteiger partial charge in [-0.1, -0.05) is 170 Å². The molecule has 0 aliphatic heterocycles. The fourth-order valence-corrected chi connectivity index (χ4v) is 9.30. The van der Waals surface area contributed by atoms with Crippen LogP contribution >= 0.6 is 0 Å². The average Bonchev–Trinajstić information content (AvgIpc) is 3.71. The summed E-state index contributed by atoms with van der Waals surface area (Å²) in [5, 5.41) is 2.51. The van der Waals surface area contributed by atoms with E-state index in [1.807, 2.05) is 0 Å². The van der Waals surface area contributed by atoms with Crippen molar-refractivity contribution >= 4 is 27.8 Å². The van der Waals surface area contributed by atoms with Crippen LogP contribution in [-0.2, 0) is 5.41 Å². The van der Waals surface area contributed by atoms with E-state index in [2.05, 4.69) is 217 Å². The average molecular weight is 686 g/mol. The van der Waals surface area contributed by atoms with Crippen LogP contribution in [0.25, 0.3) is 55.3 Å². The fraction of sp³-hybridized carbons (Fsp3) is 0.0189. The van der Waals surface area contributed by atoms with E-state index in [0.717, 1.165) is 17.1 Å². The molecule has 0 aromatic heterocycles. The lowest BCUT2D eigenvalue weighted by atomic mass is 9.70. The topological polar surface area (TPSA) is 3.24 Å². The van der Waals surface area contributed by atoms with Gasteiger partial charge < -0.3 is 4.90 Å². The molecule has 11 rings (SSSR count). The Labute approximate surface area is 316 Å². The van der Waals surface area contributed by atoms with Crippen LogP contribution in [0.3, 0.4) is 0 Å². The molecule has 0 bridgehead atoms. The lowest BCUT2D eigenvalue weighted by molar-refractivity contribution is 0.794. The Kier molecular flexibility index (Phi) is 6.84. The van der Waals surface area contributed by atoms with Gasteiger partial charge in [0.15, 0.2) is 0 Å². The molecular formula is C53H35N. The first-order valence-corrected chi connectivity index (χ1v) is 18.8. The number of benzene rings is 9. The van der Waals surface area contributed by atoms with E-state index in [-0.39, 0.29) is 5.41 Å². The van der Waals surface area contributed by atoms with Crippen molar-refractivity contribution in [3.05, 3.63) is 235 Å². The molecule has 252 valence electrons. The second-order valence-corrected chi connectivity index (χ2v) is 14.5. The first-order chi connectivity index (χ1) is 26.8. The maximum absolute atomic E-state index is 2.43. The van der Waals surface area contributed by atoms with Crippen molar-refractivity contribution in [3.63, 3.8) is 0 Å². The van der Waals surface area contributed by atoms with Gasteiger partial charge in [-0.15, -0.1) is 0 Å². The van der Waals surface area contributed by atoms with Gasteiger partial charge >= 0.3 is 0 Å². The Morgan fingerprint density at radius 2 is 0.741 bits per heavy atom. The van der Waals surface area contributed by atoms with E-state index in [9.17, 15) is 0 Å². The molecule has 0 heterocycles. The van der Waals surface area contributed by atoms with Gasteiger partial charge in [0.05, 0.1) is 5.41 Å². The highest BCUT2D eigenvalue weighted by Gasteiger charge is 2.51. The Morgan fingerprint density at radius 3 is 1.44 bits per heavy atom. The number of fused-ring (bicyclic) bond motifs is 11. The highest BCUT2D eigenvalue weighted by Crippen LogP contribution is 2.63. The number of hydrogen-bond donors (Lipinski definition) is 0. The first kappa shape index (κ1) is 30.6. The van der Waals surface area contributed by atoms with Gasteiger partial charge in [0.1, 0.15) is 0 Å². The predicted molar refractivity (Wildman–Crippen MR) is 226 cm³/mol. The normalized spacial score (nSPS) is 13.0. The van der Waals surface area contributed by atoms with Gasteiger partial charge in [0, 0.05) is 17.1 Å². The Hall–Kier alpha value is -6.96. The van der Waals surface area contributed by atoms with Crippen molar-refractivity contribution in [3.8, 4) is 44.5 Å². The third kappa shape index (κ3) is 4.52. The molecule has 0 saturated carbocycles. The molecule has 0 fully saturated rings. The molecule has 0 unspecified atom stereocenters. The number of anilines is 3. The van der Waals surface area contributed by atoms with Gasteiger partial charge in [-0.2, -0.15) is 0 Å². The third-order valence-electron chi connectivity index (χ3n) is 11.7. The van der Waals surface area contributed by atoms with Crippen molar-refractivity contribution in [2.75, 3.05) is 4.90 Å². The van der Waals surface area contributed by atoms with Crippen molar-refractivity contribution in [2.24, 2.45) is 0 Å². The van der Waals surface area contributed by atoms with Crippen LogP contribution in [-0.4, -0.2) is 0 Å². The monoisotopic (exact) mass is 685 g/mol. The molecule has 0 amide bonds. The summed E-state index contributed by atoms with van der Waals surface area (Å²) in [7, 11) is 0. The standard InChI is InChI=1S/C53H35N/c1-2-13-36(14-3-1)40-17-12-18-43(34-40)54(42-29-27-38(28-30-42)41-26-25-37-15-4-5-16-39(37)33-41)44-31-32-52-48(35-44)47-21-8-11-24-51(47)53(52)49-22-9-6-19-45(49)46-20-7-10-23-50(46)53/h1-35H. The van der Waals surface area contributed by atoms with Gasteiger partial charge in [0.2, 0.25) is 0 Å². The predicted octanol–water partition coefficient (Wildman–Crippen LogP) is 14.0. The second kappa shape index (κ2) is 12.0. The molecule has 0 atom stereocenters. The van der Waals surface area contributed by atoms with Gasteiger partial charge in [-0.25, -0.2) is 0 Å². The zero-order valence-electron chi connectivity index (χ0n) is 29.7. The Bertz CT molecular complexity index is 2840. The lowest BCUT2D eigenvalue weighted by Gasteiger charge is -2.31. The summed E-state index contributed by atoms with van der Waals surface area (Å²) in [5.74, 6) is 0. The molecule has 0 N–H and O–H groups in total. The molecular weight excluding hydrogens is 651 g/mol. The quantitative estimate of drug-likeness (QED) is 0.174. The Balaban J connectivity index is 1.10. The lowest BCUT2D eigenvalue weighted by Crippen LogP contribution is -2.25.